The van der Waals surface area contributed by atoms with E-state index >= 15 is 0 Å². The number of ketones is 1. The number of carbonyl (C=O) groups is 3. The number of nitrogens with zero attached hydrogens (tertiary/aromatic N) is 1. The van der Waals surface area contributed by atoms with Crippen molar-refractivity contribution < 1.29 is 34.1 Å². The van der Waals surface area contributed by atoms with E-state index in [1.807, 2.05) is 13.8 Å². The Morgan fingerprint density at radius 2 is 1.93 bits per heavy atom. The lowest BCUT2D eigenvalue weighted by atomic mass is 9.93. The maximum atomic E-state index is 13.0. The number of unbranched alkanes of at least 4 members (excludes halogenated alkanes) is 3. The van der Waals surface area contributed by atoms with Crippen molar-refractivity contribution in [1.82, 2.24) is 4.90 Å². The van der Waals surface area contributed by atoms with Gasteiger partial charge in [-0.3, -0.25) is 9.59 Å². The fraction of sp³-hybridized carbons (Fsp3) is 0.750. The second-order valence-corrected chi connectivity index (χ2v) is 8.84. The van der Waals surface area contributed by atoms with Crippen LogP contribution in [-0.4, -0.2) is 64.0 Å². The third-order valence-corrected chi connectivity index (χ3v) is 6.27. The number of hydrogen-bond acceptors (Lipinski definition) is 7. The summed E-state index contributed by atoms with van der Waals surface area (Å²) in [5.74, 6) is -3.68. The number of amides is 2. The van der Waals surface area contributed by atoms with Crippen LogP contribution in [0.15, 0.2) is 10.6 Å². The second kappa shape index (κ2) is 10.1. The average Bonchev–Trinajstić information content (AvgIpc) is 3.05. The molecule has 0 radical (unpaired) electrons. The Kier molecular flexibility index (Phi) is 8.39. The van der Waals surface area contributed by atoms with Crippen molar-refractivity contribution in [2.45, 2.75) is 70.8 Å². The van der Waals surface area contributed by atoms with Gasteiger partial charge in [-0.2, -0.15) is 0 Å². The van der Waals surface area contributed by atoms with Crippen LogP contribution in [0.25, 0.3) is 0 Å². The molecular weight excluding hydrogens is 446 g/mol. The number of ether oxygens (including phenoxy) is 2. The highest BCUT2D eigenvalue weighted by molar-refractivity contribution is 9.11. The van der Waals surface area contributed by atoms with Gasteiger partial charge < -0.3 is 19.7 Å². The fourth-order valence-corrected chi connectivity index (χ4v) is 4.05. The Balaban J connectivity index is 2.11. The molecule has 0 bridgehead atoms. The Labute approximate surface area is 179 Å². The summed E-state index contributed by atoms with van der Waals surface area (Å²) in [4.78, 5) is 38.6. The highest BCUT2D eigenvalue weighted by atomic mass is 79.9. The predicted molar refractivity (Wildman–Crippen MR) is 108 cm³/mol. The fourth-order valence-electron chi connectivity index (χ4n) is 3.53. The molecule has 0 aromatic rings. The first kappa shape index (κ1) is 24.0. The first-order valence-electron chi connectivity index (χ1n) is 10.0. The van der Waals surface area contributed by atoms with Crippen LogP contribution in [-0.2, 0) is 19.1 Å². The summed E-state index contributed by atoms with van der Waals surface area (Å²) in [6, 6.07) is -0.399. The SMILES string of the molecule is CC(C)[C@H]1COC(=O)N1C(=O)[C@@H](C)[C@H]1O[C@](O)(CCCCCCO)C(Br)=CC1=O. The summed E-state index contributed by atoms with van der Waals surface area (Å²) < 4.78 is 11.0. The lowest BCUT2D eigenvalue weighted by molar-refractivity contribution is -0.217. The van der Waals surface area contributed by atoms with E-state index in [2.05, 4.69) is 15.9 Å². The Morgan fingerprint density at radius 1 is 1.28 bits per heavy atom. The van der Waals surface area contributed by atoms with Crippen LogP contribution in [0.4, 0.5) is 4.79 Å². The highest BCUT2D eigenvalue weighted by Gasteiger charge is 2.48. The van der Waals surface area contributed by atoms with Gasteiger partial charge in [0.1, 0.15) is 12.7 Å². The summed E-state index contributed by atoms with van der Waals surface area (Å²) in [5.41, 5.74) is 0. The molecule has 2 amide bonds. The largest absolute Gasteiger partial charge is 0.447 e. The van der Waals surface area contributed by atoms with Crippen LogP contribution in [0.2, 0.25) is 0 Å². The van der Waals surface area contributed by atoms with Crippen molar-refractivity contribution in [2.24, 2.45) is 11.8 Å². The molecule has 164 valence electrons. The predicted octanol–water partition coefficient (Wildman–Crippen LogP) is 2.50. The van der Waals surface area contributed by atoms with E-state index in [1.165, 1.54) is 13.0 Å². The zero-order chi connectivity index (χ0) is 21.8. The smallest absolute Gasteiger partial charge is 0.416 e. The van der Waals surface area contributed by atoms with Gasteiger partial charge >= 0.3 is 6.09 Å². The minimum absolute atomic E-state index is 0.00506. The highest BCUT2D eigenvalue weighted by Crippen LogP contribution is 2.37. The van der Waals surface area contributed by atoms with Gasteiger partial charge in [0.15, 0.2) is 11.6 Å². The number of cyclic esters (lactones) is 1. The maximum Gasteiger partial charge on any atom is 0.416 e. The van der Waals surface area contributed by atoms with Crippen LogP contribution in [0.1, 0.15) is 52.9 Å². The Bertz CT molecular complexity index is 665. The molecule has 0 unspecified atom stereocenters. The minimum atomic E-state index is -1.71. The van der Waals surface area contributed by atoms with Gasteiger partial charge in [-0.15, -0.1) is 0 Å². The first-order valence-corrected chi connectivity index (χ1v) is 10.8. The van der Waals surface area contributed by atoms with Crippen molar-refractivity contribution in [3.63, 3.8) is 0 Å². The normalized spacial score (nSPS) is 28.5. The third-order valence-electron chi connectivity index (χ3n) is 5.42. The van der Waals surface area contributed by atoms with Crippen molar-refractivity contribution in [2.75, 3.05) is 13.2 Å². The van der Waals surface area contributed by atoms with Crippen molar-refractivity contribution in [3.05, 3.63) is 10.6 Å². The molecular formula is C20H30BrNO7. The molecule has 2 N–H and O–H groups in total. The molecule has 0 aliphatic carbocycles. The lowest BCUT2D eigenvalue weighted by Gasteiger charge is -2.38. The van der Waals surface area contributed by atoms with E-state index in [1.54, 1.807) is 0 Å². The molecule has 4 atom stereocenters. The molecule has 2 rings (SSSR count). The van der Waals surface area contributed by atoms with Crippen LogP contribution in [0.5, 0.6) is 0 Å². The number of rotatable bonds is 9. The Morgan fingerprint density at radius 3 is 2.55 bits per heavy atom. The van der Waals surface area contributed by atoms with Gasteiger partial charge in [0.05, 0.1) is 16.4 Å². The van der Waals surface area contributed by atoms with Crippen LogP contribution in [0.3, 0.4) is 0 Å². The van der Waals surface area contributed by atoms with Gasteiger partial charge in [-0.1, -0.05) is 33.6 Å². The van der Waals surface area contributed by atoms with Crippen molar-refractivity contribution >= 4 is 33.7 Å². The standard InChI is InChI=1S/C20H30BrNO7/c1-12(2)14-11-28-19(26)22(14)18(25)13(3)17-15(24)10-16(21)20(27,29-17)8-6-4-5-7-9-23/h10,12-14,17,23,27H,4-9,11H2,1-3H3/t13-,14+,17+,20+/m0/s1. The molecule has 9 heteroatoms. The van der Waals surface area contributed by atoms with Crippen molar-refractivity contribution in [3.8, 4) is 0 Å². The number of hydrogen-bond donors (Lipinski definition) is 2. The molecule has 0 saturated carbocycles. The van der Waals surface area contributed by atoms with E-state index in [9.17, 15) is 19.5 Å². The van der Waals surface area contributed by atoms with E-state index in [0.717, 1.165) is 17.7 Å². The zero-order valence-electron chi connectivity index (χ0n) is 17.1. The third kappa shape index (κ3) is 5.45. The average molecular weight is 476 g/mol. The lowest BCUT2D eigenvalue weighted by Crippen LogP contribution is -2.52. The van der Waals surface area contributed by atoms with Gasteiger partial charge in [0.25, 0.3) is 0 Å². The van der Waals surface area contributed by atoms with E-state index < -0.39 is 41.6 Å². The van der Waals surface area contributed by atoms with Gasteiger partial charge in [0.2, 0.25) is 5.91 Å². The molecule has 0 aromatic heterocycles. The summed E-state index contributed by atoms with van der Waals surface area (Å²) in [7, 11) is 0. The summed E-state index contributed by atoms with van der Waals surface area (Å²) in [5, 5.41) is 19.8. The summed E-state index contributed by atoms with van der Waals surface area (Å²) in [6.07, 6.45) is 2.47. The van der Waals surface area contributed by atoms with Crippen molar-refractivity contribution in [1.29, 1.82) is 0 Å². The quantitative estimate of drug-likeness (QED) is 0.492. The topological polar surface area (TPSA) is 113 Å². The Hall–Kier alpha value is -1.29. The van der Waals surface area contributed by atoms with E-state index in [4.69, 9.17) is 14.6 Å². The number of aliphatic hydroxyl groups excluding tert-OH is 1. The van der Waals surface area contributed by atoms with Crippen LogP contribution < -0.4 is 0 Å². The molecule has 29 heavy (non-hydrogen) atoms. The first-order chi connectivity index (χ1) is 13.6. The number of halogens is 1. The number of carbonyl (C=O) groups excluding carboxylic acids is 3. The van der Waals surface area contributed by atoms with Gasteiger partial charge in [-0.05, 0) is 40.8 Å². The summed E-state index contributed by atoms with van der Waals surface area (Å²) in [6.45, 7) is 5.53. The van der Waals surface area contributed by atoms with Gasteiger partial charge in [0, 0.05) is 13.0 Å². The molecule has 8 nitrogen and oxygen atoms in total. The summed E-state index contributed by atoms with van der Waals surface area (Å²) >= 11 is 3.21. The molecule has 0 spiro atoms. The number of imide groups is 1. The van der Waals surface area contributed by atoms with E-state index in [0.29, 0.717) is 12.8 Å². The van der Waals surface area contributed by atoms with Crippen LogP contribution in [0, 0.1) is 11.8 Å². The molecule has 0 aromatic carbocycles. The second-order valence-electron chi connectivity index (χ2n) is 7.99. The molecule has 2 heterocycles. The van der Waals surface area contributed by atoms with Crippen LogP contribution >= 0.6 is 15.9 Å². The van der Waals surface area contributed by atoms with Gasteiger partial charge in [-0.25, -0.2) is 9.69 Å². The maximum absolute atomic E-state index is 13.0. The van der Waals surface area contributed by atoms with E-state index in [-0.39, 0.29) is 30.0 Å². The molecule has 1 fully saturated rings. The molecule has 2 aliphatic rings. The minimum Gasteiger partial charge on any atom is -0.447 e. The monoisotopic (exact) mass is 475 g/mol. The zero-order valence-corrected chi connectivity index (χ0v) is 18.7. The molecule has 1 saturated heterocycles. The number of aliphatic hydroxyl groups is 2. The molecule has 2 aliphatic heterocycles.